The van der Waals surface area contributed by atoms with Crippen LogP contribution >= 0.6 is 0 Å². The predicted octanol–water partition coefficient (Wildman–Crippen LogP) is 1.99. The molecule has 0 aliphatic carbocycles. The Kier molecular flexibility index (Phi) is 17.9. The van der Waals surface area contributed by atoms with Crippen molar-refractivity contribution < 1.29 is 33.3 Å². The van der Waals surface area contributed by atoms with Gasteiger partial charge in [-0.25, -0.2) is 0 Å². The van der Waals surface area contributed by atoms with E-state index in [0.717, 1.165) is 0 Å². The van der Waals surface area contributed by atoms with Gasteiger partial charge in [-0.1, -0.05) is 5.11 Å². The molecule has 0 aliphatic rings. The van der Waals surface area contributed by atoms with Gasteiger partial charge in [-0.15, -0.1) is 0 Å². The van der Waals surface area contributed by atoms with E-state index >= 15 is 0 Å². The van der Waals surface area contributed by atoms with E-state index in [-0.39, 0.29) is 24.7 Å². The molecule has 0 aliphatic heterocycles. The Morgan fingerprint density at radius 1 is 0.867 bits per heavy atom. The molecule has 0 heterocycles. The Balaban J connectivity index is 3.29. The number of rotatable bonds is 19. The maximum atomic E-state index is 11.7. The quantitative estimate of drug-likeness (QED) is 0.108. The van der Waals surface area contributed by atoms with Crippen LogP contribution in [0, 0.1) is 0 Å². The van der Waals surface area contributed by atoms with Crippen LogP contribution in [0.25, 0.3) is 10.4 Å². The lowest BCUT2D eigenvalue weighted by Crippen LogP contribution is -2.28. The fraction of sp³-hybridized carbons (Fsp3) is 0.895. The molecule has 0 saturated heterocycles. The number of carbonyl (C=O) groups is 2. The molecule has 174 valence electrons. The SMILES string of the molecule is CC(C)(C)OC(=O)CCCC(=O)NCCOCCOCCOCCOCCN=[N+]=[N-]. The predicted molar refractivity (Wildman–Crippen MR) is 110 cm³/mol. The molecule has 0 spiro atoms. The molecule has 0 aromatic rings. The molecule has 11 nitrogen and oxygen atoms in total. The van der Waals surface area contributed by atoms with Gasteiger partial charge in [0.05, 0.1) is 52.9 Å². The molecular formula is C19H36N4O7. The zero-order valence-electron chi connectivity index (χ0n) is 18.4. The Bertz CT molecular complexity index is 506. The largest absolute Gasteiger partial charge is 0.460 e. The Morgan fingerprint density at radius 3 is 1.93 bits per heavy atom. The highest BCUT2D eigenvalue weighted by atomic mass is 16.6. The van der Waals surface area contributed by atoms with Gasteiger partial charge >= 0.3 is 5.97 Å². The molecule has 0 fully saturated rings. The third-order valence-electron chi connectivity index (χ3n) is 3.29. The number of carbonyl (C=O) groups excluding carboxylic acids is 2. The number of hydrogen-bond donors (Lipinski definition) is 1. The molecule has 0 aromatic heterocycles. The van der Waals surface area contributed by atoms with Crippen molar-refractivity contribution in [1.29, 1.82) is 0 Å². The lowest BCUT2D eigenvalue weighted by atomic mass is 10.2. The zero-order chi connectivity index (χ0) is 22.5. The van der Waals surface area contributed by atoms with Gasteiger partial charge in [0.15, 0.2) is 0 Å². The highest BCUT2D eigenvalue weighted by Crippen LogP contribution is 2.09. The average molecular weight is 433 g/mol. The fourth-order valence-corrected chi connectivity index (χ4v) is 2.05. The Hall–Kier alpha value is -1.91. The van der Waals surface area contributed by atoms with Crippen LogP contribution in [0.3, 0.4) is 0 Å². The monoisotopic (exact) mass is 432 g/mol. The van der Waals surface area contributed by atoms with Crippen LogP contribution < -0.4 is 5.32 Å². The summed E-state index contributed by atoms with van der Waals surface area (Å²) in [5.74, 6) is -0.406. The summed E-state index contributed by atoms with van der Waals surface area (Å²) in [6, 6.07) is 0. The maximum Gasteiger partial charge on any atom is 0.306 e. The maximum absolute atomic E-state index is 11.7. The first-order valence-electron chi connectivity index (χ1n) is 10.2. The van der Waals surface area contributed by atoms with Crippen molar-refractivity contribution >= 4 is 11.9 Å². The molecule has 0 unspecified atom stereocenters. The van der Waals surface area contributed by atoms with Crippen molar-refractivity contribution in [2.24, 2.45) is 5.11 Å². The van der Waals surface area contributed by atoms with Gasteiger partial charge in [0, 0.05) is 30.8 Å². The molecule has 1 amide bonds. The van der Waals surface area contributed by atoms with E-state index in [9.17, 15) is 9.59 Å². The van der Waals surface area contributed by atoms with Crippen LogP contribution in [0.4, 0.5) is 0 Å². The second-order valence-corrected chi connectivity index (χ2v) is 7.19. The molecule has 0 aromatic carbocycles. The normalized spacial score (nSPS) is 11.0. The van der Waals surface area contributed by atoms with Gasteiger partial charge < -0.3 is 29.0 Å². The lowest BCUT2D eigenvalue weighted by molar-refractivity contribution is -0.154. The summed E-state index contributed by atoms with van der Waals surface area (Å²) >= 11 is 0. The number of esters is 1. The van der Waals surface area contributed by atoms with Crippen LogP contribution in [-0.2, 0) is 33.3 Å². The van der Waals surface area contributed by atoms with E-state index in [2.05, 4.69) is 15.3 Å². The van der Waals surface area contributed by atoms with E-state index in [1.54, 1.807) is 0 Å². The van der Waals surface area contributed by atoms with Crippen molar-refractivity contribution in [1.82, 2.24) is 5.32 Å². The topological polar surface area (TPSA) is 141 Å². The van der Waals surface area contributed by atoms with Crippen molar-refractivity contribution in [3.05, 3.63) is 10.4 Å². The first kappa shape index (κ1) is 28.1. The van der Waals surface area contributed by atoms with E-state index in [1.807, 2.05) is 20.8 Å². The van der Waals surface area contributed by atoms with Gasteiger partial charge in [-0.3, -0.25) is 9.59 Å². The first-order chi connectivity index (χ1) is 14.3. The summed E-state index contributed by atoms with van der Waals surface area (Å²) < 4.78 is 26.4. The van der Waals surface area contributed by atoms with Crippen LogP contribution in [0.1, 0.15) is 40.0 Å². The molecule has 0 rings (SSSR count). The van der Waals surface area contributed by atoms with Crippen LogP contribution in [-0.4, -0.2) is 83.4 Å². The van der Waals surface area contributed by atoms with Gasteiger partial charge in [0.25, 0.3) is 0 Å². The number of amides is 1. The molecule has 11 heteroatoms. The van der Waals surface area contributed by atoms with Crippen molar-refractivity contribution in [3.63, 3.8) is 0 Å². The van der Waals surface area contributed by atoms with E-state index in [0.29, 0.717) is 72.4 Å². The molecule has 0 radical (unpaired) electrons. The van der Waals surface area contributed by atoms with Gasteiger partial charge in [0.1, 0.15) is 5.60 Å². The summed E-state index contributed by atoms with van der Waals surface area (Å²) in [4.78, 5) is 25.8. The van der Waals surface area contributed by atoms with Gasteiger partial charge in [0.2, 0.25) is 5.91 Å². The highest BCUT2D eigenvalue weighted by molar-refractivity contribution is 5.77. The average Bonchev–Trinajstić information content (AvgIpc) is 2.66. The molecule has 30 heavy (non-hydrogen) atoms. The number of nitrogens with zero attached hydrogens (tertiary/aromatic N) is 3. The minimum absolute atomic E-state index is 0.114. The Morgan fingerprint density at radius 2 is 1.40 bits per heavy atom. The third-order valence-corrected chi connectivity index (χ3v) is 3.29. The van der Waals surface area contributed by atoms with Crippen molar-refractivity contribution in [2.45, 2.75) is 45.6 Å². The fourth-order valence-electron chi connectivity index (χ4n) is 2.05. The first-order valence-corrected chi connectivity index (χ1v) is 10.2. The number of hydrogen-bond acceptors (Lipinski definition) is 8. The smallest absolute Gasteiger partial charge is 0.306 e. The highest BCUT2D eigenvalue weighted by Gasteiger charge is 2.16. The third kappa shape index (κ3) is 22.4. The molecule has 0 saturated carbocycles. The number of nitrogens with one attached hydrogen (secondary N) is 1. The van der Waals surface area contributed by atoms with Gasteiger partial charge in [-0.05, 0) is 32.7 Å². The summed E-state index contributed by atoms with van der Waals surface area (Å²) in [6.07, 6.45) is 0.966. The van der Waals surface area contributed by atoms with Crippen LogP contribution in [0.15, 0.2) is 5.11 Å². The standard InChI is InChI=1S/C19H36N4O7/c1-19(2,3)30-18(25)6-4-5-17(24)21-7-9-26-11-13-28-15-16-29-14-12-27-10-8-22-23-20/h4-16H2,1-3H3,(H,21,24). The molecule has 0 atom stereocenters. The Labute approximate surface area is 178 Å². The summed E-state index contributed by atoms with van der Waals surface area (Å²) in [5.41, 5.74) is 7.59. The molecule has 0 bridgehead atoms. The van der Waals surface area contributed by atoms with Crippen LogP contribution in [0.2, 0.25) is 0 Å². The second-order valence-electron chi connectivity index (χ2n) is 7.19. The lowest BCUT2D eigenvalue weighted by Gasteiger charge is -2.19. The van der Waals surface area contributed by atoms with Crippen molar-refractivity contribution in [3.8, 4) is 0 Å². The van der Waals surface area contributed by atoms with E-state index < -0.39 is 5.60 Å². The molecule has 1 N–H and O–H groups in total. The summed E-state index contributed by atoms with van der Waals surface area (Å²) in [5, 5.41) is 6.09. The van der Waals surface area contributed by atoms with E-state index in [4.69, 9.17) is 29.2 Å². The number of azide groups is 1. The van der Waals surface area contributed by atoms with Crippen LogP contribution in [0.5, 0.6) is 0 Å². The van der Waals surface area contributed by atoms with Gasteiger partial charge in [-0.2, -0.15) is 0 Å². The molecular weight excluding hydrogens is 396 g/mol. The van der Waals surface area contributed by atoms with E-state index in [1.165, 1.54) is 0 Å². The minimum Gasteiger partial charge on any atom is -0.460 e. The minimum atomic E-state index is -0.502. The summed E-state index contributed by atoms with van der Waals surface area (Å²) in [7, 11) is 0. The summed E-state index contributed by atoms with van der Waals surface area (Å²) in [6.45, 7) is 9.61. The van der Waals surface area contributed by atoms with Crippen molar-refractivity contribution in [2.75, 3.05) is 65.9 Å². The zero-order valence-corrected chi connectivity index (χ0v) is 18.4. The number of ether oxygens (including phenoxy) is 5. The second kappa shape index (κ2) is 19.1.